The molecule has 0 fully saturated rings. The van der Waals surface area contributed by atoms with E-state index in [9.17, 15) is 13.6 Å². The van der Waals surface area contributed by atoms with Crippen LogP contribution in [0, 0.1) is 0 Å². The first-order valence-electron chi connectivity index (χ1n) is 5.34. The van der Waals surface area contributed by atoms with Gasteiger partial charge in [-0.3, -0.25) is 4.79 Å². The molecule has 20 heavy (non-hydrogen) atoms. The predicted molar refractivity (Wildman–Crippen MR) is 74.3 cm³/mol. The van der Waals surface area contributed by atoms with Crippen molar-refractivity contribution < 1.29 is 23.0 Å². The summed E-state index contributed by atoms with van der Waals surface area (Å²) in [7, 11) is 1.38. The number of rotatable bonds is 6. The lowest BCUT2D eigenvalue weighted by molar-refractivity contribution is -0.118. The highest BCUT2D eigenvalue weighted by atomic mass is 79.9. The van der Waals surface area contributed by atoms with E-state index in [-0.39, 0.29) is 27.5 Å². The highest BCUT2D eigenvalue weighted by molar-refractivity contribution is 9.10. The van der Waals surface area contributed by atoms with Gasteiger partial charge >= 0.3 is 6.61 Å². The van der Waals surface area contributed by atoms with Crippen LogP contribution in [0.15, 0.2) is 16.6 Å². The topological polar surface area (TPSA) is 73.6 Å². The number of nitrogens with two attached hydrogens (primary N) is 1. The van der Waals surface area contributed by atoms with Gasteiger partial charge in [-0.15, -0.1) is 0 Å². The van der Waals surface area contributed by atoms with Crippen LogP contribution in [0.3, 0.4) is 0 Å². The molecule has 0 aromatic heterocycles. The maximum atomic E-state index is 12.4. The molecule has 9 heteroatoms. The van der Waals surface area contributed by atoms with Gasteiger partial charge in [-0.05, 0) is 28.1 Å². The first-order valence-corrected chi connectivity index (χ1v) is 6.51. The number of alkyl halides is 2. The minimum atomic E-state index is -3.05. The number of benzene rings is 1. The van der Waals surface area contributed by atoms with Gasteiger partial charge in [-0.1, -0.05) is 11.6 Å². The van der Waals surface area contributed by atoms with Crippen molar-refractivity contribution >= 4 is 39.1 Å². The molecule has 3 N–H and O–H groups in total. The molecule has 1 aromatic rings. The van der Waals surface area contributed by atoms with Crippen LogP contribution in [-0.2, 0) is 9.53 Å². The molecule has 0 spiro atoms. The summed E-state index contributed by atoms with van der Waals surface area (Å²) >= 11 is 8.84. The van der Waals surface area contributed by atoms with E-state index in [4.69, 9.17) is 22.1 Å². The quantitative estimate of drug-likeness (QED) is 0.804. The van der Waals surface area contributed by atoms with E-state index >= 15 is 0 Å². The van der Waals surface area contributed by atoms with Gasteiger partial charge in [0.15, 0.2) is 5.75 Å². The average molecular weight is 374 g/mol. The van der Waals surface area contributed by atoms with E-state index in [0.29, 0.717) is 0 Å². The van der Waals surface area contributed by atoms with Gasteiger partial charge in [-0.2, -0.15) is 8.78 Å². The SMILES string of the molecule is COCC(N)C(=O)Nc1cc(Cl)cc(Br)c1OC(F)F. The van der Waals surface area contributed by atoms with Crippen molar-refractivity contribution in [2.24, 2.45) is 5.73 Å². The van der Waals surface area contributed by atoms with Crippen LogP contribution in [0.4, 0.5) is 14.5 Å². The number of carbonyl (C=O) groups excluding carboxylic acids is 1. The van der Waals surface area contributed by atoms with Gasteiger partial charge in [0.25, 0.3) is 0 Å². The molecule has 0 aliphatic carbocycles. The van der Waals surface area contributed by atoms with Crippen LogP contribution < -0.4 is 15.8 Å². The highest BCUT2D eigenvalue weighted by Gasteiger charge is 2.19. The number of amides is 1. The molecule has 112 valence electrons. The molecule has 1 amide bonds. The minimum absolute atomic E-state index is 0.0128. The lowest BCUT2D eigenvalue weighted by Gasteiger charge is -2.16. The van der Waals surface area contributed by atoms with Crippen LogP contribution in [0.2, 0.25) is 5.02 Å². The lowest BCUT2D eigenvalue weighted by atomic mass is 10.2. The van der Waals surface area contributed by atoms with Crippen LogP contribution in [0.5, 0.6) is 5.75 Å². The molecule has 5 nitrogen and oxygen atoms in total. The summed E-state index contributed by atoms with van der Waals surface area (Å²) in [6.45, 7) is -3.06. The summed E-state index contributed by atoms with van der Waals surface area (Å²) in [5.74, 6) is -0.845. The van der Waals surface area contributed by atoms with Crippen molar-refractivity contribution in [1.29, 1.82) is 0 Å². The molecular weight excluding hydrogens is 361 g/mol. The van der Waals surface area contributed by atoms with E-state index < -0.39 is 18.6 Å². The van der Waals surface area contributed by atoms with Crippen molar-refractivity contribution in [2.75, 3.05) is 19.0 Å². The standard InChI is InChI=1S/C11H12BrClF2N2O3/c1-19-4-7(16)10(18)17-8-3-5(13)2-6(12)9(8)20-11(14)15/h2-3,7,11H,4,16H2,1H3,(H,17,18). The molecule has 1 unspecified atom stereocenters. The molecule has 0 bridgehead atoms. The monoisotopic (exact) mass is 372 g/mol. The largest absolute Gasteiger partial charge is 0.431 e. The molecular formula is C11H12BrClF2N2O3. The third-order valence-electron chi connectivity index (χ3n) is 2.16. The van der Waals surface area contributed by atoms with Crippen LogP contribution >= 0.6 is 27.5 Å². The van der Waals surface area contributed by atoms with E-state index in [2.05, 4.69) is 26.0 Å². The Morgan fingerprint density at radius 1 is 1.55 bits per heavy atom. The van der Waals surface area contributed by atoms with E-state index in [0.717, 1.165) is 0 Å². The zero-order chi connectivity index (χ0) is 15.3. The second-order valence-electron chi connectivity index (χ2n) is 3.69. The number of hydrogen-bond donors (Lipinski definition) is 2. The summed E-state index contributed by atoms with van der Waals surface area (Å²) in [6.07, 6.45) is 0. The average Bonchev–Trinajstić information content (AvgIpc) is 2.33. The molecule has 0 saturated heterocycles. The molecule has 1 atom stereocenters. The fourth-order valence-corrected chi connectivity index (χ4v) is 2.25. The number of halogens is 4. The van der Waals surface area contributed by atoms with Gasteiger partial charge in [0, 0.05) is 12.1 Å². The Balaban J connectivity index is 3.00. The summed E-state index contributed by atoms with van der Waals surface area (Å²) < 4.78 is 34.0. The van der Waals surface area contributed by atoms with Gasteiger partial charge in [0.1, 0.15) is 6.04 Å². The number of anilines is 1. The van der Waals surface area contributed by atoms with Gasteiger partial charge in [-0.25, -0.2) is 0 Å². The molecule has 1 rings (SSSR count). The maximum Gasteiger partial charge on any atom is 0.387 e. The molecule has 0 saturated carbocycles. The Hall–Kier alpha value is -0.960. The van der Waals surface area contributed by atoms with Crippen molar-refractivity contribution in [3.63, 3.8) is 0 Å². The van der Waals surface area contributed by atoms with Crippen molar-refractivity contribution in [3.8, 4) is 5.75 Å². The smallest absolute Gasteiger partial charge is 0.387 e. The first kappa shape index (κ1) is 17.1. The van der Waals surface area contributed by atoms with Gasteiger partial charge < -0.3 is 20.5 Å². The third kappa shape index (κ3) is 4.86. The first-order chi connectivity index (χ1) is 9.35. The number of hydrogen-bond acceptors (Lipinski definition) is 4. The van der Waals surface area contributed by atoms with Crippen LogP contribution in [0.1, 0.15) is 0 Å². The van der Waals surface area contributed by atoms with E-state index in [1.807, 2.05) is 0 Å². The number of methoxy groups -OCH3 is 1. The van der Waals surface area contributed by atoms with Gasteiger partial charge in [0.05, 0.1) is 16.8 Å². The molecule has 0 radical (unpaired) electrons. The van der Waals surface area contributed by atoms with Crippen molar-refractivity contribution in [3.05, 3.63) is 21.6 Å². The lowest BCUT2D eigenvalue weighted by Crippen LogP contribution is -2.39. The number of ether oxygens (including phenoxy) is 2. The minimum Gasteiger partial charge on any atom is -0.431 e. The Labute approximate surface area is 127 Å². The fourth-order valence-electron chi connectivity index (χ4n) is 1.34. The zero-order valence-electron chi connectivity index (χ0n) is 10.3. The molecule has 1 aromatic carbocycles. The van der Waals surface area contributed by atoms with Crippen molar-refractivity contribution in [1.82, 2.24) is 0 Å². The third-order valence-corrected chi connectivity index (χ3v) is 2.96. The Morgan fingerprint density at radius 2 is 2.20 bits per heavy atom. The summed E-state index contributed by atoms with van der Waals surface area (Å²) in [6, 6.07) is 1.70. The summed E-state index contributed by atoms with van der Waals surface area (Å²) in [5.41, 5.74) is 5.52. The van der Waals surface area contributed by atoms with Crippen LogP contribution in [-0.4, -0.2) is 32.3 Å². The maximum absolute atomic E-state index is 12.4. The number of nitrogens with one attached hydrogen (secondary N) is 1. The predicted octanol–water partition coefficient (Wildman–Crippen LogP) is 2.62. The molecule has 0 aliphatic rings. The normalized spacial score (nSPS) is 12.3. The second kappa shape index (κ2) is 7.72. The molecule has 0 aliphatic heterocycles. The zero-order valence-corrected chi connectivity index (χ0v) is 12.7. The van der Waals surface area contributed by atoms with E-state index in [1.165, 1.54) is 19.2 Å². The second-order valence-corrected chi connectivity index (χ2v) is 4.98. The van der Waals surface area contributed by atoms with Crippen LogP contribution in [0.25, 0.3) is 0 Å². The number of carbonyl (C=O) groups is 1. The summed E-state index contributed by atoms with van der Waals surface area (Å²) in [5, 5.41) is 2.60. The Morgan fingerprint density at radius 3 is 2.75 bits per heavy atom. The van der Waals surface area contributed by atoms with Crippen molar-refractivity contribution in [2.45, 2.75) is 12.7 Å². The summed E-state index contributed by atoms with van der Waals surface area (Å²) in [4.78, 5) is 11.7. The fraction of sp³-hybridized carbons (Fsp3) is 0.364. The van der Waals surface area contributed by atoms with E-state index in [1.54, 1.807) is 0 Å². The highest BCUT2D eigenvalue weighted by Crippen LogP contribution is 2.37. The Kier molecular flexibility index (Phi) is 6.60. The van der Waals surface area contributed by atoms with Gasteiger partial charge in [0.2, 0.25) is 5.91 Å². The Bertz CT molecular complexity index is 491. The molecule has 0 heterocycles.